The number of hydrogen-bond acceptors (Lipinski definition) is 4. The average Bonchev–Trinajstić information content (AvgIpc) is 2.86. The van der Waals surface area contributed by atoms with Crippen LogP contribution in [0.2, 0.25) is 0 Å². The number of anilines is 1. The largest absolute Gasteiger partial charge is 0.381 e. The first-order valence-electron chi connectivity index (χ1n) is 6.52. The maximum atomic E-state index is 13.5. The van der Waals surface area contributed by atoms with Crippen LogP contribution in [0.5, 0.6) is 0 Å². The van der Waals surface area contributed by atoms with Crippen molar-refractivity contribution in [3.05, 3.63) is 53.0 Å². The second-order valence-corrected chi connectivity index (χ2v) is 4.66. The predicted molar refractivity (Wildman–Crippen MR) is 77.7 cm³/mol. The van der Waals surface area contributed by atoms with E-state index in [0.717, 1.165) is 0 Å². The van der Waals surface area contributed by atoms with E-state index >= 15 is 0 Å². The summed E-state index contributed by atoms with van der Waals surface area (Å²) < 4.78 is 16.5. The Hall–Kier alpha value is -2.70. The summed E-state index contributed by atoms with van der Waals surface area (Å²) in [6.45, 7) is 0.819. The molecule has 0 unspecified atom stereocenters. The number of benzene rings is 1. The molecule has 0 spiro atoms. The van der Waals surface area contributed by atoms with Crippen molar-refractivity contribution in [2.24, 2.45) is 7.05 Å². The summed E-state index contributed by atoms with van der Waals surface area (Å²) in [6, 6.07) is 6.42. The molecule has 2 heterocycles. The highest BCUT2D eigenvalue weighted by molar-refractivity contribution is 5.72. The minimum atomic E-state index is -0.314. The van der Waals surface area contributed by atoms with Crippen molar-refractivity contribution in [2.45, 2.75) is 6.54 Å². The van der Waals surface area contributed by atoms with Crippen LogP contribution in [-0.2, 0) is 13.6 Å². The van der Waals surface area contributed by atoms with E-state index in [2.05, 4.69) is 15.4 Å². The molecule has 0 aliphatic carbocycles. The molecular formula is C14H14FN5O. The third-order valence-electron chi connectivity index (χ3n) is 3.26. The zero-order valence-electron chi connectivity index (χ0n) is 11.5. The summed E-state index contributed by atoms with van der Waals surface area (Å²) in [7, 11) is 1.73. The molecule has 1 aromatic carbocycles. The maximum Gasteiger partial charge on any atom is 0.264 e. The third kappa shape index (κ3) is 2.49. The Morgan fingerprint density at radius 3 is 2.95 bits per heavy atom. The van der Waals surface area contributed by atoms with Gasteiger partial charge in [0.25, 0.3) is 5.56 Å². The SMILES string of the molecule is Cn1ncc2c(=O)n(CCNc3ccccc3F)cnc21. The van der Waals surface area contributed by atoms with E-state index in [0.29, 0.717) is 29.8 Å². The van der Waals surface area contributed by atoms with Crippen LogP contribution in [0.3, 0.4) is 0 Å². The number of hydrogen-bond donors (Lipinski definition) is 1. The molecule has 3 aromatic rings. The first kappa shape index (κ1) is 13.3. The van der Waals surface area contributed by atoms with Crippen molar-refractivity contribution in [3.8, 4) is 0 Å². The Bertz CT molecular complexity index is 839. The molecule has 0 atom stereocenters. The number of rotatable bonds is 4. The molecule has 0 fully saturated rings. The van der Waals surface area contributed by atoms with Crippen LogP contribution >= 0.6 is 0 Å². The highest BCUT2D eigenvalue weighted by atomic mass is 19.1. The van der Waals surface area contributed by atoms with Gasteiger partial charge in [0, 0.05) is 20.1 Å². The molecule has 0 aliphatic rings. The van der Waals surface area contributed by atoms with Crippen LogP contribution in [0.25, 0.3) is 11.0 Å². The lowest BCUT2D eigenvalue weighted by Gasteiger charge is -2.09. The smallest absolute Gasteiger partial charge is 0.264 e. The summed E-state index contributed by atoms with van der Waals surface area (Å²) in [5, 5.41) is 7.45. The quantitative estimate of drug-likeness (QED) is 0.787. The summed E-state index contributed by atoms with van der Waals surface area (Å²) in [5.74, 6) is -0.314. The number of aryl methyl sites for hydroxylation is 1. The van der Waals surface area contributed by atoms with E-state index in [-0.39, 0.29) is 11.4 Å². The van der Waals surface area contributed by atoms with Crippen LogP contribution in [-0.4, -0.2) is 25.9 Å². The lowest BCUT2D eigenvalue weighted by Crippen LogP contribution is -2.24. The van der Waals surface area contributed by atoms with E-state index in [1.54, 1.807) is 29.9 Å². The molecule has 2 aromatic heterocycles. The summed E-state index contributed by atoms with van der Waals surface area (Å²) in [4.78, 5) is 16.4. The van der Waals surface area contributed by atoms with Gasteiger partial charge in [-0.3, -0.25) is 14.0 Å². The zero-order valence-corrected chi connectivity index (χ0v) is 11.5. The average molecular weight is 287 g/mol. The fraction of sp³-hybridized carbons (Fsp3) is 0.214. The van der Waals surface area contributed by atoms with Gasteiger partial charge in [-0.2, -0.15) is 5.10 Å². The van der Waals surface area contributed by atoms with E-state index in [1.807, 2.05) is 0 Å². The van der Waals surface area contributed by atoms with Crippen LogP contribution < -0.4 is 10.9 Å². The Balaban J connectivity index is 1.75. The molecule has 3 rings (SSSR count). The van der Waals surface area contributed by atoms with Crippen LogP contribution in [0.4, 0.5) is 10.1 Å². The highest BCUT2D eigenvalue weighted by Gasteiger charge is 2.07. The van der Waals surface area contributed by atoms with E-state index in [9.17, 15) is 9.18 Å². The molecule has 7 heteroatoms. The van der Waals surface area contributed by atoms with Crippen molar-refractivity contribution >= 4 is 16.7 Å². The van der Waals surface area contributed by atoms with Gasteiger partial charge in [-0.1, -0.05) is 12.1 Å². The van der Waals surface area contributed by atoms with Crippen molar-refractivity contribution in [3.63, 3.8) is 0 Å². The van der Waals surface area contributed by atoms with Gasteiger partial charge in [-0.15, -0.1) is 0 Å². The summed E-state index contributed by atoms with van der Waals surface area (Å²) in [5.41, 5.74) is 0.822. The molecule has 0 bridgehead atoms. The van der Waals surface area contributed by atoms with Crippen molar-refractivity contribution in [2.75, 3.05) is 11.9 Å². The maximum absolute atomic E-state index is 13.5. The molecule has 21 heavy (non-hydrogen) atoms. The molecule has 108 valence electrons. The Kier molecular flexibility index (Phi) is 3.39. The van der Waals surface area contributed by atoms with E-state index in [4.69, 9.17) is 0 Å². The first-order chi connectivity index (χ1) is 10.2. The van der Waals surface area contributed by atoms with Crippen LogP contribution in [0.15, 0.2) is 41.6 Å². The molecule has 0 saturated heterocycles. The van der Waals surface area contributed by atoms with Gasteiger partial charge in [0.2, 0.25) is 0 Å². The summed E-state index contributed by atoms with van der Waals surface area (Å²) in [6.07, 6.45) is 2.99. The number of para-hydroxylation sites is 1. The lowest BCUT2D eigenvalue weighted by molar-refractivity contribution is 0.626. The number of fused-ring (bicyclic) bond motifs is 1. The van der Waals surface area contributed by atoms with E-state index < -0.39 is 0 Å². The van der Waals surface area contributed by atoms with Gasteiger partial charge in [0.05, 0.1) is 11.9 Å². The third-order valence-corrected chi connectivity index (χ3v) is 3.26. The van der Waals surface area contributed by atoms with E-state index in [1.165, 1.54) is 23.2 Å². The normalized spacial score (nSPS) is 11.0. The monoisotopic (exact) mass is 287 g/mol. The standard InChI is InChI=1S/C14H14FN5O/c1-19-13-10(8-18-19)14(21)20(9-17-13)7-6-16-12-5-3-2-4-11(12)15/h2-5,8-9,16H,6-7H2,1H3. The summed E-state index contributed by atoms with van der Waals surface area (Å²) >= 11 is 0. The fourth-order valence-corrected chi connectivity index (χ4v) is 2.14. The number of nitrogens with one attached hydrogen (secondary N) is 1. The molecular weight excluding hydrogens is 273 g/mol. The molecule has 0 saturated carbocycles. The van der Waals surface area contributed by atoms with Gasteiger partial charge in [-0.25, -0.2) is 9.37 Å². The van der Waals surface area contributed by atoms with Crippen LogP contribution in [0, 0.1) is 5.82 Å². The fourth-order valence-electron chi connectivity index (χ4n) is 2.14. The van der Waals surface area contributed by atoms with Gasteiger partial charge in [-0.05, 0) is 12.1 Å². The number of nitrogens with zero attached hydrogens (tertiary/aromatic N) is 4. The number of aromatic nitrogens is 4. The topological polar surface area (TPSA) is 64.7 Å². The lowest BCUT2D eigenvalue weighted by atomic mass is 10.3. The van der Waals surface area contributed by atoms with Gasteiger partial charge in [0.1, 0.15) is 17.5 Å². The van der Waals surface area contributed by atoms with Gasteiger partial charge >= 0.3 is 0 Å². The van der Waals surface area contributed by atoms with Gasteiger partial charge < -0.3 is 5.32 Å². The van der Waals surface area contributed by atoms with Crippen LogP contribution in [0.1, 0.15) is 0 Å². The predicted octanol–water partition coefficient (Wildman–Crippen LogP) is 1.38. The second-order valence-electron chi connectivity index (χ2n) is 4.66. The van der Waals surface area contributed by atoms with Crippen molar-refractivity contribution in [1.29, 1.82) is 0 Å². The molecule has 0 amide bonds. The van der Waals surface area contributed by atoms with Crippen molar-refractivity contribution in [1.82, 2.24) is 19.3 Å². The van der Waals surface area contributed by atoms with Crippen molar-refractivity contribution < 1.29 is 4.39 Å². The minimum Gasteiger partial charge on any atom is -0.381 e. The minimum absolute atomic E-state index is 0.150. The van der Waals surface area contributed by atoms with Gasteiger partial charge in [0.15, 0.2) is 5.65 Å². The molecule has 1 N–H and O–H groups in total. The Labute approximate surface area is 119 Å². The first-order valence-corrected chi connectivity index (χ1v) is 6.52. The molecule has 0 aliphatic heterocycles. The molecule has 0 radical (unpaired) electrons. The highest BCUT2D eigenvalue weighted by Crippen LogP contribution is 2.11. The Morgan fingerprint density at radius 1 is 1.33 bits per heavy atom. The Morgan fingerprint density at radius 2 is 2.14 bits per heavy atom. The zero-order chi connectivity index (χ0) is 14.8. The number of halogens is 1. The second kappa shape index (κ2) is 5.35. The molecule has 6 nitrogen and oxygen atoms in total.